The molecule has 1 atom stereocenters. The number of thiazole rings is 1. The molecule has 0 bridgehead atoms. The SMILES string of the molecule is Cc1csc(C2(NC(=O)CC(N)c3ccccc3)CCCC2)n1.Cl.Cl. The first kappa shape index (κ1) is 21.9. The molecule has 0 radical (unpaired) electrons. The molecule has 1 amide bonds. The Morgan fingerprint density at radius 3 is 2.48 bits per heavy atom. The molecule has 1 aliphatic carbocycles. The van der Waals surface area contributed by atoms with E-state index in [0.717, 1.165) is 41.9 Å². The van der Waals surface area contributed by atoms with Gasteiger partial charge in [-0.3, -0.25) is 4.79 Å². The molecule has 0 aliphatic heterocycles. The molecule has 7 heteroatoms. The maximum atomic E-state index is 12.6. The molecule has 1 aromatic heterocycles. The first-order valence-corrected chi connectivity index (χ1v) is 9.01. The maximum absolute atomic E-state index is 12.6. The highest BCUT2D eigenvalue weighted by atomic mass is 35.5. The van der Waals surface area contributed by atoms with E-state index >= 15 is 0 Å². The molecule has 0 spiro atoms. The average Bonchev–Trinajstić information content (AvgIpc) is 3.18. The second-order valence-corrected chi connectivity index (χ2v) is 7.21. The minimum absolute atomic E-state index is 0. The highest BCUT2D eigenvalue weighted by Gasteiger charge is 2.39. The van der Waals surface area contributed by atoms with Crippen molar-refractivity contribution in [1.82, 2.24) is 10.3 Å². The lowest BCUT2D eigenvalue weighted by Gasteiger charge is -2.29. The van der Waals surface area contributed by atoms with Crippen molar-refractivity contribution in [3.8, 4) is 0 Å². The average molecular weight is 402 g/mol. The minimum Gasteiger partial charge on any atom is -0.344 e. The zero-order valence-corrected chi connectivity index (χ0v) is 16.7. The van der Waals surface area contributed by atoms with E-state index in [2.05, 4.69) is 15.7 Å². The summed E-state index contributed by atoms with van der Waals surface area (Å²) in [6.07, 6.45) is 4.49. The van der Waals surface area contributed by atoms with Crippen LogP contribution >= 0.6 is 36.2 Å². The lowest BCUT2D eigenvalue weighted by Crippen LogP contribution is -2.44. The van der Waals surface area contributed by atoms with Gasteiger partial charge in [0.15, 0.2) is 0 Å². The molecule has 4 nitrogen and oxygen atoms in total. The highest BCUT2D eigenvalue weighted by molar-refractivity contribution is 7.09. The van der Waals surface area contributed by atoms with Crippen LogP contribution in [0.25, 0.3) is 0 Å². The number of halogens is 2. The molecule has 3 N–H and O–H groups in total. The van der Waals surface area contributed by atoms with Crippen LogP contribution in [0.15, 0.2) is 35.7 Å². The van der Waals surface area contributed by atoms with Crippen molar-refractivity contribution in [3.63, 3.8) is 0 Å². The molecular weight excluding hydrogens is 377 g/mol. The summed E-state index contributed by atoms with van der Waals surface area (Å²) in [5.74, 6) is 0.0103. The number of rotatable bonds is 5. The summed E-state index contributed by atoms with van der Waals surface area (Å²) in [6, 6.07) is 9.51. The number of nitrogens with two attached hydrogens (primary N) is 1. The Balaban J connectivity index is 0.00000156. The van der Waals surface area contributed by atoms with Crippen molar-refractivity contribution in [3.05, 3.63) is 52.0 Å². The second-order valence-electron chi connectivity index (χ2n) is 6.35. The third kappa shape index (κ3) is 5.17. The summed E-state index contributed by atoms with van der Waals surface area (Å²) in [5.41, 5.74) is 7.91. The van der Waals surface area contributed by atoms with Crippen LogP contribution < -0.4 is 11.1 Å². The summed E-state index contributed by atoms with van der Waals surface area (Å²) in [7, 11) is 0. The van der Waals surface area contributed by atoms with Crippen molar-refractivity contribution in [2.45, 2.75) is 50.6 Å². The van der Waals surface area contributed by atoms with Gasteiger partial charge in [-0.1, -0.05) is 43.2 Å². The van der Waals surface area contributed by atoms with Crippen molar-refractivity contribution >= 4 is 42.1 Å². The van der Waals surface area contributed by atoms with Crippen LogP contribution in [-0.2, 0) is 10.3 Å². The van der Waals surface area contributed by atoms with Crippen molar-refractivity contribution in [2.75, 3.05) is 0 Å². The predicted octanol–water partition coefficient (Wildman–Crippen LogP) is 4.27. The molecular formula is C18H25Cl2N3OS. The zero-order chi connectivity index (χ0) is 16.3. The summed E-state index contributed by atoms with van der Waals surface area (Å²) in [6.45, 7) is 2.00. The zero-order valence-electron chi connectivity index (χ0n) is 14.2. The van der Waals surface area contributed by atoms with E-state index in [-0.39, 0.29) is 42.3 Å². The van der Waals surface area contributed by atoms with Crippen molar-refractivity contribution in [2.24, 2.45) is 5.73 Å². The van der Waals surface area contributed by atoms with Crippen LogP contribution in [0.4, 0.5) is 0 Å². The first-order chi connectivity index (χ1) is 11.1. The number of carbonyl (C=O) groups is 1. The van der Waals surface area contributed by atoms with Crippen molar-refractivity contribution < 1.29 is 4.79 Å². The molecule has 1 saturated carbocycles. The van der Waals surface area contributed by atoms with Crippen LogP contribution in [0.5, 0.6) is 0 Å². The maximum Gasteiger partial charge on any atom is 0.222 e. The number of nitrogens with zero attached hydrogens (tertiary/aromatic N) is 1. The van der Waals surface area contributed by atoms with Crippen LogP contribution in [0.2, 0.25) is 0 Å². The van der Waals surface area contributed by atoms with Gasteiger partial charge < -0.3 is 11.1 Å². The molecule has 2 aromatic rings. The third-order valence-electron chi connectivity index (χ3n) is 4.50. The fourth-order valence-corrected chi connectivity index (χ4v) is 4.29. The largest absolute Gasteiger partial charge is 0.344 e. The lowest BCUT2D eigenvalue weighted by atomic mass is 9.97. The lowest BCUT2D eigenvalue weighted by molar-refractivity contribution is -0.123. The van der Waals surface area contributed by atoms with Gasteiger partial charge in [-0.05, 0) is 25.3 Å². The highest BCUT2D eigenvalue weighted by Crippen LogP contribution is 2.40. The van der Waals surface area contributed by atoms with Gasteiger partial charge in [0.05, 0.1) is 5.54 Å². The monoisotopic (exact) mass is 401 g/mol. The van der Waals surface area contributed by atoms with E-state index < -0.39 is 0 Å². The summed E-state index contributed by atoms with van der Waals surface area (Å²) in [4.78, 5) is 17.2. The molecule has 1 heterocycles. The fraction of sp³-hybridized carbons (Fsp3) is 0.444. The number of hydrogen-bond acceptors (Lipinski definition) is 4. The van der Waals surface area contributed by atoms with Crippen LogP contribution in [0, 0.1) is 6.92 Å². The fourth-order valence-electron chi connectivity index (χ4n) is 3.28. The van der Waals surface area contributed by atoms with Gasteiger partial charge in [0.2, 0.25) is 5.91 Å². The predicted molar refractivity (Wildman–Crippen MR) is 108 cm³/mol. The number of nitrogens with one attached hydrogen (secondary N) is 1. The standard InChI is InChI=1S/C18H23N3OS.2ClH/c1-13-12-23-17(20-13)18(9-5-6-10-18)21-16(22)11-15(19)14-7-3-2-4-8-14;;/h2-4,7-8,12,15H,5-6,9-11,19H2,1H3,(H,21,22);2*1H. The van der Waals surface area contributed by atoms with E-state index in [1.165, 1.54) is 0 Å². The Labute approximate surface area is 165 Å². The molecule has 1 unspecified atom stereocenters. The number of aryl methyl sites for hydroxylation is 1. The van der Waals surface area contributed by atoms with Crippen LogP contribution in [0.3, 0.4) is 0 Å². The molecule has 3 rings (SSSR count). The number of benzene rings is 1. The number of hydrogen-bond donors (Lipinski definition) is 2. The topological polar surface area (TPSA) is 68.0 Å². The van der Waals surface area contributed by atoms with Crippen LogP contribution in [0.1, 0.15) is 54.4 Å². The van der Waals surface area contributed by atoms with Gasteiger partial charge in [0.25, 0.3) is 0 Å². The van der Waals surface area contributed by atoms with Gasteiger partial charge in [-0.2, -0.15) is 0 Å². The van der Waals surface area contributed by atoms with E-state index in [0.29, 0.717) is 6.42 Å². The third-order valence-corrected chi connectivity index (χ3v) is 5.66. The molecule has 1 aromatic carbocycles. The first-order valence-electron chi connectivity index (χ1n) is 8.13. The Hall–Kier alpha value is -1.14. The summed E-state index contributed by atoms with van der Waals surface area (Å²) < 4.78 is 0. The van der Waals surface area contributed by atoms with Crippen LogP contribution in [-0.4, -0.2) is 10.9 Å². The van der Waals surface area contributed by atoms with E-state index in [9.17, 15) is 4.79 Å². The molecule has 1 aliphatic rings. The number of carbonyl (C=O) groups excluding carboxylic acids is 1. The normalized spacial score (nSPS) is 16.4. The quantitative estimate of drug-likeness (QED) is 0.785. The van der Waals surface area contributed by atoms with E-state index in [1.54, 1.807) is 11.3 Å². The summed E-state index contributed by atoms with van der Waals surface area (Å²) >= 11 is 1.65. The Bertz CT molecular complexity index is 672. The molecule has 0 saturated heterocycles. The van der Waals surface area contributed by atoms with Gasteiger partial charge >= 0.3 is 0 Å². The molecule has 138 valence electrons. The molecule has 1 fully saturated rings. The number of amides is 1. The van der Waals surface area contributed by atoms with E-state index in [1.807, 2.05) is 37.3 Å². The Morgan fingerprint density at radius 2 is 1.92 bits per heavy atom. The Kier molecular flexibility index (Phi) is 8.35. The number of aromatic nitrogens is 1. The molecule has 25 heavy (non-hydrogen) atoms. The minimum atomic E-state index is -0.285. The summed E-state index contributed by atoms with van der Waals surface area (Å²) in [5, 5.41) is 6.34. The van der Waals surface area contributed by atoms with Gasteiger partial charge in [-0.15, -0.1) is 36.2 Å². The Morgan fingerprint density at radius 1 is 1.28 bits per heavy atom. The van der Waals surface area contributed by atoms with Gasteiger partial charge in [0.1, 0.15) is 5.01 Å². The smallest absolute Gasteiger partial charge is 0.222 e. The second kappa shape index (κ2) is 9.53. The van der Waals surface area contributed by atoms with Gasteiger partial charge in [0, 0.05) is 23.5 Å². The van der Waals surface area contributed by atoms with Crippen molar-refractivity contribution in [1.29, 1.82) is 0 Å². The van der Waals surface area contributed by atoms with Gasteiger partial charge in [-0.25, -0.2) is 4.98 Å². The van der Waals surface area contributed by atoms with E-state index in [4.69, 9.17) is 5.73 Å².